The second-order valence-electron chi connectivity index (χ2n) is 5.24. The van der Waals surface area contributed by atoms with Crippen molar-refractivity contribution in [2.24, 2.45) is 5.73 Å². The van der Waals surface area contributed by atoms with E-state index in [2.05, 4.69) is 0 Å². The first-order valence-electron chi connectivity index (χ1n) is 7.69. The van der Waals surface area contributed by atoms with Gasteiger partial charge in [0.15, 0.2) is 0 Å². The first kappa shape index (κ1) is 22.6. The zero-order valence-electron chi connectivity index (χ0n) is 13.3. The van der Waals surface area contributed by atoms with Gasteiger partial charge in [-0.05, 0) is 19.8 Å². The number of carboxylic acids is 3. The van der Waals surface area contributed by atoms with Crippen LogP contribution in [-0.4, -0.2) is 39.3 Å². The Hall–Kier alpha value is -1.63. The first-order valence-corrected chi connectivity index (χ1v) is 7.69. The molecule has 7 nitrogen and oxygen atoms in total. The van der Waals surface area contributed by atoms with Gasteiger partial charge in [0, 0.05) is 12.8 Å². The molecule has 0 fully saturated rings. The monoisotopic (exact) mass is 319 g/mol. The van der Waals surface area contributed by atoms with E-state index in [1.165, 1.54) is 6.92 Å². The number of carbonyl (C=O) groups is 3. The van der Waals surface area contributed by atoms with Crippen molar-refractivity contribution in [1.29, 1.82) is 0 Å². The number of hydrogen-bond donors (Lipinski definition) is 4. The molecule has 0 aromatic heterocycles. The summed E-state index contributed by atoms with van der Waals surface area (Å²) in [4.78, 5) is 30.0. The number of hydrogen-bond acceptors (Lipinski definition) is 4. The highest BCUT2D eigenvalue weighted by molar-refractivity contribution is 5.72. The van der Waals surface area contributed by atoms with Gasteiger partial charge in [-0.3, -0.25) is 14.4 Å². The summed E-state index contributed by atoms with van der Waals surface area (Å²) in [5, 5.41) is 24.7. The summed E-state index contributed by atoms with van der Waals surface area (Å²) in [5.41, 5.74) is 4.84. The molecule has 0 saturated heterocycles. The van der Waals surface area contributed by atoms with Gasteiger partial charge in [0.25, 0.3) is 0 Å². The molecular formula is C15H29NO6. The van der Waals surface area contributed by atoms with E-state index in [4.69, 9.17) is 21.1 Å². The van der Waals surface area contributed by atoms with Crippen LogP contribution in [0, 0.1) is 0 Å². The van der Waals surface area contributed by atoms with Crippen LogP contribution in [0.2, 0.25) is 0 Å². The number of carboxylic acid groups (broad SMARTS) is 3. The van der Waals surface area contributed by atoms with Crippen LogP contribution in [0.15, 0.2) is 0 Å². The van der Waals surface area contributed by atoms with E-state index < -0.39 is 23.9 Å². The third-order valence-electron chi connectivity index (χ3n) is 2.92. The molecule has 0 heterocycles. The van der Waals surface area contributed by atoms with Crippen molar-refractivity contribution in [3.63, 3.8) is 0 Å². The Bertz CT molecular complexity index is 295. The first-order chi connectivity index (χ1) is 10.3. The summed E-state index contributed by atoms with van der Waals surface area (Å²) in [5.74, 6) is -2.39. The largest absolute Gasteiger partial charge is 0.481 e. The summed E-state index contributed by atoms with van der Waals surface area (Å²) in [6.07, 6.45) is 8.51. The van der Waals surface area contributed by atoms with Gasteiger partial charge >= 0.3 is 17.9 Å². The number of nitrogens with two attached hydrogens (primary N) is 1. The Morgan fingerprint density at radius 3 is 1.14 bits per heavy atom. The van der Waals surface area contributed by atoms with E-state index in [1.54, 1.807) is 0 Å². The van der Waals surface area contributed by atoms with Gasteiger partial charge in [0.05, 0.1) is 0 Å². The second-order valence-corrected chi connectivity index (χ2v) is 5.24. The van der Waals surface area contributed by atoms with Crippen LogP contribution in [0.25, 0.3) is 0 Å². The van der Waals surface area contributed by atoms with E-state index in [0.29, 0.717) is 0 Å². The maximum atomic E-state index is 10.2. The molecular weight excluding hydrogens is 290 g/mol. The average molecular weight is 319 g/mol. The van der Waals surface area contributed by atoms with E-state index in [9.17, 15) is 14.4 Å². The molecule has 130 valence electrons. The predicted octanol–water partition coefficient (Wildman–Crippen LogP) is 2.47. The van der Waals surface area contributed by atoms with Gasteiger partial charge in [-0.2, -0.15) is 0 Å². The Balaban J connectivity index is 0. The number of aliphatic carboxylic acids is 3. The highest BCUT2D eigenvalue weighted by Gasteiger charge is 1.99. The lowest BCUT2D eigenvalue weighted by atomic mass is 10.1. The van der Waals surface area contributed by atoms with Gasteiger partial charge in [-0.15, -0.1) is 0 Å². The molecule has 0 aromatic rings. The van der Waals surface area contributed by atoms with Crippen LogP contribution in [0.5, 0.6) is 0 Å². The van der Waals surface area contributed by atoms with Crippen LogP contribution in [-0.2, 0) is 14.4 Å². The summed E-state index contributed by atoms with van der Waals surface area (Å²) in [7, 11) is 0. The number of rotatable bonds is 12. The molecule has 5 N–H and O–H groups in total. The smallest absolute Gasteiger partial charge is 0.320 e. The van der Waals surface area contributed by atoms with Crippen LogP contribution in [0.4, 0.5) is 0 Å². The molecule has 0 aromatic carbocycles. The van der Waals surface area contributed by atoms with E-state index in [0.717, 1.165) is 51.4 Å². The molecule has 0 rings (SSSR count). The molecule has 0 radical (unpaired) electrons. The maximum absolute atomic E-state index is 10.2. The van der Waals surface area contributed by atoms with E-state index in [-0.39, 0.29) is 12.8 Å². The Morgan fingerprint density at radius 2 is 0.955 bits per heavy atom. The zero-order chi connectivity index (χ0) is 17.4. The lowest BCUT2D eigenvalue weighted by Crippen LogP contribution is -2.25. The molecule has 0 spiro atoms. The fourth-order valence-electron chi connectivity index (χ4n) is 1.61. The van der Waals surface area contributed by atoms with Gasteiger partial charge in [0.2, 0.25) is 0 Å². The average Bonchev–Trinajstić information content (AvgIpc) is 2.40. The molecule has 0 amide bonds. The minimum absolute atomic E-state index is 0.276. The molecule has 0 aliphatic heterocycles. The lowest BCUT2D eigenvalue weighted by molar-refractivity contribution is -0.138. The topological polar surface area (TPSA) is 138 Å². The van der Waals surface area contributed by atoms with E-state index >= 15 is 0 Å². The molecule has 22 heavy (non-hydrogen) atoms. The van der Waals surface area contributed by atoms with Crippen LogP contribution < -0.4 is 5.73 Å². The fraction of sp³-hybridized carbons (Fsp3) is 0.800. The number of unbranched alkanes of at least 4 members (excludes halogenated alkanes) is 7. The third-order valence-corrected chi connectivity index (χ3v) is 2.92. The van der Waals surface area contributed by atoms with Crippen molar-refractivity contribution in [2.45, 2.75) is 77.2 Å². The highest BCUT2D eigenvalue weighted by atomic mass is 16.4. The van der Waals surface area contributed by atoms with Gasteiger partial charge in [-0.25, -0.2) is 0 Å². The summed E-state index contributed by atoms with van der Waals surface area (Å²) >= 11 is 0. The Morgan fingerprint density at radius 1 is 0.727 bits per heavy atom. The fourth-order valence-corrected chi connectivity index (χ4v) is 1.61. The van der Waals surface area contributed by atoms with Crippen molar-refractivity contribution in [1.82, 2.24) is 0 Å². The molecule has 1 unspecified atom stereocenters. The van der Waals surface area contributed by atoms with Crippen LogP contribution in [0.3, 0.4) is 0 Å². The molecule has 0 saturated carbocycles. The molecule has 1 atom stereocenters. The zero-order valence-corrected chi connectivity index (χ0v) is 13.3. The van der Waals surface area contributed by atoms with Gasteiger partial charge < -0.3 is 21.1 Å². The van der Waals surface area contributed by atoms with E-state index in [1.807, 2.05) is 0 Å². The normalized spacial score (nSPS) is 11.2. The molecule has 0 aliphatic carbocycles. The van der Waals surface area contributed by atoms with Gasteiger partial charge in [-0.1, -0.05) is 38.5 Å². The van der Waals surface area contributed by atoms with Gasteiger partial charge in [0.1, 0.15) is 6.04 Å². The van der Waals surface area contributed by atoms with Crippen molar-refractivity contribution in [3.8, 4) is 0 Å². The second kappa shape index (κ2) is 15.8. The standard InChI is InChI=1S/C12H22O4.C3H7NO2/c13-11(14)9-7-5-3-1-2-4-6-8-10-12(15)16;1-2(4)3(5)6/h1-10H2,(H,13,14)(H,15,16);2H,4H2,1H3,(H,5,6). The van der Waals surface area contributed by atoms with Crippen molar-refractivity contribution >= 4 is 17.9 Å². The molecule has 7 heteroatoms. The van der Waals surface area contributed by atoms with Crippen molar-refractivity contribution < 1.29 is 29.7 Å². The summed E-state index contributed by atoms with van der Waals surface area (Å²) in [6, 6.07) is -0.731. The van der Waals surface area contributed by atoms with Crippen molar-refractivity contribution in [2.75, 3.05) is 0 Å². The minimum atomic E-state index is -0.963. The third kappa shape index (κ3) is 23.5. The lowest BCUT2D eigenvalue weighted by Gasteiger charge is -2.00. The molecule has 0 bridgehead atoms. The minimum Gasteiger partial charge on any atom is -0.481 e. The highest BCUT2D eigenvalue weighted by Crippen LogP contribution is 2.10. The predicted molar refractivity (Wildman–Crippen MR) is 82.7 cm³/mol. The van der Waals surface area contributed by atoms with Crippen LogP contribution in [0.1, 0.15) is 71.1 Å². The Kier molecular flexibility index (Phi) is 16.2. The molecule has 0 aliphatic rings. The van der Waals surface area contributed by atoms with Crippen molar-refractivity contribution in [3.05, 3.63) is 0 Å². The summed E-state index contributed by atoms with van der Waals surface area (Å²) < 4.78 is 0. The summed E-state index contributed by atoms with van der Waals surface area (Å²) in [6.45, 7) is 1.42. The van der Waals surface area contributed by atoms with Crippen LogP contribution >= 0.6 is 0 Å². The SMILES string of the molecule is CC(N)C(=O)O.O=C(O)CCCCCCCCCCC(=O)O. The Labute approximate surface area is 131 Å². The quantitative estimate of drug-likeness (QED) is 0.405. The maximum Gasteiger partial charge on any atom is 0.320 e.